The smallest absolute Gasteiger partial charge is 0.229 e. The minimum Gasteiger partial charge on any atom is -0.393 e. The number of rotatable bonds is 8. The van der Waals surface area contributed by atoms with Gasteiger partial charge in [-0.3, -0.25) is 0 Å². The molecule has 1 aromatic heterocycles. The van der Waals surface area contributed by atoms with Crippen LogP contribution in [-0.2, 0) is 0 Å². The van der Waals surface area contributed by atoms with Crippen molar-refractivity contribution in [2.45, 2.75) is 82.3 Å². The molecule has 1 aromatic carbocycles. The highest BCUT2D eigenvalue weighted by molar-refractivity contribution is 5.63. The van der Waals surface area contributed by atoms with Crippen molar-refractivity contribution in [1.29, 1.82) is 0 Å². The number of anilines is 4. The van der Waals surface area contributed by atoms with Gasteiger partial charge in [-0.1, -0.05) is 18.9 Å². The molecule has 2 aromatic rings. The molecule has 3 N–H and O–H groups in total. The average molecular weight is 493 g/mol. The van der Waals surface area contributed by atoms with Crippen LogP contribution in [0.1, 0.15) is 75.7 Å². The SMILES string of the molecule is CN(C)c1cccc(Nc2ncc(C3CCN(CC4CCCC4)CC3)c(N[C@H]3CC[C@H](O)CC3)n2)c1. The van der Waals surface area contributed by atoms with Crippen molar-refractivity contribution in [1.82, 2.24) is 14.9 Å². The van der Waals surface area contributed by atoms with E-state index in [1.807, 2.05) is 14.1 Å². The summed E-state index contributed by atoms with van der Waals surface area (Å²) in [6.45, 7) is 3.63. The number of hydrogen-bond donors (Lipinski definition) is 3. The highest BCUT2D eigenvalue weighted by Crippen LogP contribution is 2.35. The van der Waals surface area contributed by atoms with Crippen LogP contribution in [0.3, 0.4) is 0 Å². The van der Waals surface area contributed by atoms with Crippen molar-refractivity contribution in [3.05, 3.63) is 36.0 Å². The van der Waals surface area contributed by atoms with E-state index in [1.54, 1.807) is 0 Å². The van der Waals surface area contributed by atoms with Crippen LogP contribution < -0.4 is 15.5 Å². The number of nitrogens with one attached hydrogen (secondary N) is 2. The van der Waals surface area contributed by atoms with Crippen molar-refractivity contribution in [2.75, 3.05) is 49.3 Å². The van der Waals surface area contributed by atoms with Gasteiger partial charge in [-0.05, 0) is 94.5 Å². The Morgan fingerprint density at radius 3 is 2.47 bits per heavy atom. The lowest BCUT2D eigenvalue weighted by atomic mass is 9.89. The molecule has 7 nitrogen and oxygen atoms in total. The molecule has 0 bridgehead atoms. The molecule has 3 fully saturated rings. The van der Waals surface area contributed by atoms with Gasteiger partial charge in [0, 0.05) is 49.8 Å². The Morgan fingerprint density at radius 2 is 1.75 bits per heavy atom. The van der Waals surface area contributed by atoms with Crippen molar-refractivity contribution in [3.63, 3.8) is 0 Å². The molecule has 0 amide bonds. The van der Waals surface area contributed by atoms with Crippen LogP contribution in [0.25, 0.3) is 0 Å². The molecule has 2 aliphatic carbocycles. The number of hydrogen-bond acceptors (Lipinski definition) is 7. The first kappa shape index (κ1) is 25.3. The summed E-state index contributed by atoms with van der Waals surface area (Å²) in [5.74, 6) is 3.02. The van der Waals surface area contributed by atoms with Gasteiger partial charge in [0.1, 0.15) is 5.82 Å². The Bertz CT molecular complexity index is 975. The number of aromatic nitrogens is 2. The first-order chi connectivity index (χ1) is 17.5. The number of aliphatic hydroxyl groups is 1. The fourth-order valence-electron chi connectivity index (χ4n) is 6.25. The van der Waals surface area contributed by atoms with Gasteiger partial charge < -0.3 is 25.5 Å². The third kappa shape index (κ3) is 6.48. The summed E-state index contributed by atoms with van der Waals surface area (Å²) in [7, 11) is 4.10. The molecular formula is C29H44N6O. The Kier molecular flexibility index (Phi) is 8.27. The summed E-state index contributed by atoms with van der Waals surface area (Å²) in [6, 6.07) is 8.68. The van der Waals surface area contributed by atoms with E-state index in [4.69, 9.17) is 9.97 Å². The zero-order valence-corrected chi connectivity index (χ0v) is 22.1. The average Bonchev–Trinajstić information content (AvgIpc) is 3.40. The third-order valence-electron chi connectivity index (χ3n) is 8.49. The van der Waals surface area contributed by atoms with E-state index < -0.39 is 0 Å². The maximum atomic E-state index is 9.98. The van der Waals surface area contributed by atoms with Crippen LogP contribution >= 0.6 is 0 Å². The monoisotopic (exact) mass is 492 g/mol. The molecule has 0 atom stereocenters. The van der Waals surface area contributed by atoms with Gasteiger partial charge in [-0.2, -0.15) is 4.98 Å². The quantitative estimate of drug-likeness (QED) is 0.457. The van der Waals surface area contributed by atoms with E-state index in [0.29, 0.717) is 17.9 Å². The summed E-state index contributed by atoms with van der Waals surface area (Å²) < 4.78 is 0. The second kappa shape index (κ2) is 11.8. The zero-order chi connectivity index (χ0) is 24.9. The van der Waals surface area contributed by atoms with Crippen LogP contribution in [0.5, 0.6) is 0 Å². The topological polar surface area (TPSA) is 76.5 Å². The van der Waals surface area contributed by atoms with E-state index in [-0.39, 0.29) is 6.10 Å². The van der Waals surface area contributed by atoms with Crippen LogP contribution in [0.15, 0.2) is 30.5 Å². The summed E-state index contributed by atoms with van der Waals surface area (Å²) in [4.78, 5) is 14.6. The first-order valence-corrected chi connectivity index (χ1v) is 14.1. The van der Waals surface area contributed by atoms with Crippen molar-refractivity contribution in [2.24, 2.45) is 5.92 Å². The van der Waals surface area contributed by atoms with E-state index in [9.17, 15) is 5.11 Å². The Morgan fingerprint density at radius 1 is 1.00 bits per heavy atom. The van der Waals surface area contributed by atoms with Gasteiger partial charge in [0.05, 0.1) is 6.10 Å². The molecule has 2 saturated carbocycles. The lowest BCUT2D eigenvalue weighted by molar-refractivity contribution is 0.126. The summed E-state index contributed by atoms with van der Waals surface area (Å²) in [6.07, 6.45) is 13.6. The molecule has 7 heteroatoms. The molecule has 1 aliphatic heterocycles. The lowest BCUT2D eigenvalue weighted by Crippen LogP contribution is -2.36. The molecule has 0 spiro atoms. The van der Waals surface area contributed by atoms with Crippen molar-refractivity contribution < 1.29 is 5.11 Å². The zero-order valence-electron chi connectivity index (χ0n) is 22.1. The molecule has 1 saturated heterocycles. The predicted octanol–water partition coefficient (Wildman–Crippen LogP) is 5.37. The molecule has 3 aliphatic rings. The second-order valence-electron chi connectivity index (χ2n) is 11.4. The number of piperidine rings is 1. The van der Waals surface area contributed by atoms with Crippen LogP contribution in [0, 0.1) is 5.92 Å². The fourth-order valence-corrected chi connectivity index (χ4v) is 6.25. The summed E-state index contributed by atoms with van der Waals surface area (Å²) in [5, 5.41) is 17.2. The molecule has 5 rings (SSSR count). The molecule has 2 heterocycles. The van der Waals surface area contributed by atoms with E-state index in [1.165, 1.54) is 63.7 Å². The van der Waals surface area contributed by atoms with Gasteiger partial charge >= 0.3 is 0 Å². The van der Waals surface area contributed by atoms with Crippen molar-refractivity contribution in [3.8, 4) is 0 Å². The predicted molar refractivity (Wildman–Crippen MR) is 148 cm³/mol. The lowest BCUT2D eigenvalue weighted by Gasteiger charge is -2.34. The highest BCUT2D eigenvalue weighted by Gasteiger charge is 2.28. The van der Waals surface area contributed by atoms with Crippen LogP contribution in [0.2, 0.25) is 0 Å². The minimum absolute atomic E-state index is 0.154. The molecule has 0 radical (unpaired) electrons. The number of aliphatic hydroxyl groups excluding tert-OH is 1. The van der Waals surface area contributed by atoms with Gasteiger partial charge in [-0.25, -0.2) is 4.98 Å². The maximum absolute atomic E-state index is 9.98. The maximum Gasteiger partial charge on any atom is 0.229 e. The Balaban J connectivity index is 1.30. The molecule has 0 unspecified atom stereocenters. The van der Waals surface area contributed by atoms with Gasteiger partial charge in [-0.15, -0.1) is 0 Å². The highest BCUT2D eigenvalue weighted by atomic mass is 16.3. The van der Waals surface area contributed by atoms with E-state index in [2.05, 4.69) is 50.9 Å². The minimum atomic E-state index is -0.154. The van der Waals surface area contributed by atoms with Crippen LogP contribution in [0.4, 0.5) is 23.1 Å². The molecule has 196 valence electrons. The molecule has 36 heavy (non-hydrogen) atoms. The van der Waals surface area contributed by atoms with Gasteiger partial charge in [0.25, 0.3) is 0 Å². The molecular weight excluding hydrogens is 448 g/mol. The van der Waals surface area contributed by atoms with Crippen LogP contribution in [-0.4, -0.2) is 65.8 Å². The van der Waals surface area contributed by atoms with E-state index in [0.717, 1.165) is 48.8 Å². The summed E-state index contributed by atoms with van der Waals surface area (Å²) >= 11 is 0. The third-order valence-corrected chi connectivity index (χ3v) is 8.49. The number of likely N-dealkylation sites (tertiary alicyclic amines) is 1. The first-order valence-electron chi connectivity index (χ1n) is 14.1. The largest absolute Gasteiger partial charge is 0.393 e. The van der Waals surface area contributed by atoms with Gasteiger partial charge in [0.15, 0.2) is 0 Å². The summed E-state index contributed by atoms with van der Waals surface area (Å²) in [5.41, 5.74) is 3.38. The fraction of sp³-hybridized carbons (Fsp3) is 0.655. The normalized spacial score (nSPS) is 24.1. The van der Waals surface area contributed by atoms with Crippen molar-refractivity contribution >= 4 is 23.1 Å². The second-order valence-corrected chi connectivity index (χ2v) is 11.4. The Hall–Kier alpha value is -2.38. The van der Waals surface area contributed by atoms with Gasteiger partial charge in [0.2, 0.25) is 5.95 Å². The standard InChI is InChI=1S/C29H44N6O/c1-34(2)25-9-5-8-24(18-25)32-29-30-19-27(28(33-29)31-23-10-12-26(36)13-11-23)22-14-16-35(17-15-22)20-21-6-3-4-7-21/h5,8-9,18-19,21-23,26,36H,3-4,6-7,10-17,20H2,1-2H3,(H2,30,31,32,33)/t23-,26-. The Labute approximate surface area is 216 Å². The number of nitrogens with zero attached hydrogens (tertiary/aromatic N) is 4. The van der Waals surface area contributed by atoms with E-state index >= 15 is 0 Å². The number of benzene rings is 1.